The summed E-state index contributed by atoms with van der Waals surface area (Å²) in [4.78, 5) is 18.1. The number of hydrogen-bond donors (Lipinski definition) is 1. The van der Waals surface area contributed by atoms with Crippen molar-refractivity contribution in [1.29, 1.82) is 0 Å². The summed E-state index contributed by atoms with van der Waals surface area (Å²) < 4.78 is 38.1. The first-order chi connectivity index (χ1) is 10.9. The standard InChI is InChI=1S/C14H16F3N5O/c1-22(9-4-2-8(3-5-9)14(15,16)17)13(23)11-7-6-10-12(18-11)20-21-19-10/h6-9H,2-5H2,1H3,(H,18,19,20,21). The minimum Gasteiger partial charge on any atom is -0.337 e. The van der Waals surface area contributed by atoms with Crippen LogP contribution in [0.1, 0.15) is 36.2 Å². The van der Waals surface area contributed by atoms with Crippen LogP contribution in [0.2, 0.25) is 0 Å². The quantitative estimate of drug-likeness (QED) is 0.920. The molecule has 2 aromatic heterocycles. The van der Waals surface area contributed by atoms with Crippen LogP contribution in [0.4, 0.5) is 13.2 Å². The molecule has 0 bridgehead atoms. The van der Waals surface area contributed by atoms with Gasteiger partial charge in [-0.3, -0.25) is 4.79 Å². The van der Waals surface area contributed by atoms with Gasteiger partial charge in [0.05, 0.1) is 5.92 Å². The van der Waals surface area contributed by atoms with Crippen LogP contribution >= 0.6 is 0 Å². The van der Waals surface area contributed by atoms with E-state index in [-0.39, 0.29) is 30.5 Å². The molecule has 2 heterocycles. The number of alkyl halides is 3. The zero-order chi connectivity index (χ0) is 16.6. The van der Waals surface area contributed by atoms with E-state index in [1.807, 2.05) is 0 Å². The van der Waals surface area contributed by atoms with Gasteiger partial charge in [0.15, 0.2) is 0 Å². The number of hydrogen-bond acceptors (Lipinski definition) is 4. The molecule has 1 aliphatic carbocycles. The molecule has 9 heteroatoms. The Bertz CT molecular complexity index is 706. The Kier molecular flexibility index (Phi) is 3.95. The predicted molar refractivity (Wildman–Crippen MR) is 75.6 cm³/mol. The Balaban J connectivity index is 1.68. The van der Waals surface area contributed by atoms with Gasteiger partial charge in [0.25, 0.3) is 5.91 Å². The normalized spacial score (nSPS) is 22.3. The van der Waals surface area contributed by atoms with Gasteiger partial charge >= 0.3 is 6.18 Å². The summed E-state index contributed by atoms with van der Waals surface area (Å²) in [5, 5.41) is 10.1. The molecule has 0 atom stereocenters. The summed E-state index contributed by atoms with van der Waals surface area (Å²) in [5.74, 6) is -1.57. The van der Waals surface area contributed by atoms with Crippen LogP contribution in [0.5, 0.6) is 0 Å². The molecule has 1 saturated carbocycles. The molecule has 1 amide bonds. The number of carbonyl (C=O) groups is 1. The Morgan fingerprint density at radius 3 is 2.57 bits per heavy atom. The average Bonchev–Trinajstić information content (AvgIpc) is 3.00. The van der Waals surface area contributed by atoms with Crippen molar-refractivity contribution in [2.24, 2.45) is 5.92 Å². The molecular weight excluding hydrogens is 311 g/mol. The molecule has 124 valence electrons. The van der Waals surface area contributed by atoms with Gasteiger partial charge in [0.1, 0.15) is 11.2 Å². The van der Waals surface area contributed by atoms with Crippen molar-refractivity contribution in [2.45, 2.75) is 37.9 Å². The van der Waals surface area contributed by atoms with E-state index in [1.54, 1.807) is 19.2 Å². The number of aromatic nitrogens is 4. The number of pyridine rings is 1. The second-order valence-corrected chi connectivity index (χ2v) is 5.83. The third-order valence-electron chi connectivity index (χ3n) is 4.43. The van der Waals surface area contributed by atoms with Crippen LogP contribution < -0.4 is 0 Å². The highest BCUT2D eigenvalue weighted by molar-refractivity contribution is 5.94. The lowest BCUT2D eigenvalue weighted by atomic mass is 9.85. The summed E-state index contributed by atoms with van der Waals surface area (Å²) >= 11 is 0. The molecule has 0 spiro atoms. The Morgan fingerprint density at radius 2 is 1.91 bits per heavy atom. The largest absolute Gasteiger partial charge is 0.391 e. The average molecular weight is 327 g/mol. The fourth-order valence-electron chi connectivity index (χ4n) is 2.99. The molecule has 23 heavy (non-hydrogen) atoms. The van der Waals surface area contributed by atoms with Gasteiger partial charge in [-0.15, -0.1) is 5.10 Å². The van der Waals surface area contributed by atoms with Crippen LogP contribution in [0, 0.1) is 5.92 Å². The molecule has 6 nitrogen and oxygen atoms in total. The van der Waals surface area contributed by atoms with Crippen molar-refractivity contribution in [2.75, 3.05) is 7.05 Å². The third-order valence-corrected chi connectivity index (χ3v) is 4.43. The molecule has 0 unspecified atom stereocenters. The minimum absolute atomic E-state index is 0.0571. The van der Waals surface area contributed by atoms with Crippen LogP contribution in [-0.2, 0) is 0 Å². The zero-order valence-corrected chi connectivity index (χ0v) is 12.5. The van der Waals surface area contributed by atoms with Gasteiger partial charge in [-0.2, -0.15) is 23.5 Å². The summed E-state index contributed by atoms with van der Waals surface area (Å²) in [5.41, 5.74) is 1.10. The fourth-order valence-corrected chi connectivity index (χ4v) is 2.99. The van der Waals surface area contributed by atoms with Gasteiger partial charge in [-0.05, 0) is 37.8 Å². The van der Waals surface area contributed by atoms with Crippen LogP contribution in [0.25, 0.3) is 11.2 Å². The number of fused-ring (bicyclic) bond motifs is 1. The highest BCUT2D eigenvalue weighted by atomic mass is 19.4. The Hall–Kier alpha value is -2.19. The topological polar surface area (TPSA) is 74.8 Å². The van der Waals surface area contributed by atoms with Crippen molar-refractivity contribution < 1.29 is 18.0 Å². The van der Waals surface area contributed by atoms with E-state index >= 15 is 0 Å². The van der Waals surface area contributed by atoms with Gasteiger partial charge < -0.3 is 4.90 Å². The molecular formula is C14H16F3N5O. The lowest BCUT2D eigenvalue weighted by molar-refractivity contribution is -0.183. The van der Waals surface area contributed by atoms with Gasteiger partial charge in [0, 0.05) is 13.1 Å². The maximum atomic E-state index is 12.7. The lowest BCUT2D eigenvalue weighted by Crippen LogP contribution is -2.41. The zero-order valence-electron chi connectivity index (χ0n) is 12.5. The van der Waals surface area contributed by atoms with E-state index in [0.29, 0.717) is 24.0 Å². The summed E-state index contributed by atoms with van der Waals surface area (Å²) in [6, 6.07) is 2.98. The molecule has 0 aliphatic heterocycles. The van der Waals surface area contributed by atoms with E-state index in [4.69, 9.17) is 0 Å². The molecule has 0 radical (unpaired) electrons. The number of nitrogens with one attached hydrogen (secondary N) is 1. The van der Waals surface area contributed by atoms with Crippen LogP contribution in [0.15, 0.2) is 12.1 Å². The van der Waals surface area contributed by atoms with Gasteiger partial charge in [0.2, 0.25) is 5.65 Å². The third kappa shape index (κ3) is 3.13. The number of halogens is 3. The monoisotopic (exact) mass is 327 g/mol. The first-order valence-electron chi connectivity index (χ1n) is 7.37. The van der Waals surface area contributed by atoms with Crippen molar-refractivity contribution in [1.82, 2.24) is 25.3 Å². The fraction of sp³-hybridized carbons (Fsp3) is 0.571. The maximum absolute atomic E-state index is 12.7. The number of H-pyrrole nitrogens is 1. The van der Waals surface area contributed by atoms with E-state index in [2.05, 4.69) is 20.4 Å². The van der Waals surface area contributed by atoms with E-state index < -0.39 is 12.1 Å². The van der Waals surface area contributed by atoms with Gasteiger partial charge in [-0.25, -0.2) is 4.98 Å². The smallest absolute Gasteiger partial charge is 0.337 e. The van der Waals surface area contributed by atoms with Crippen molar-refractivity contribution in [3.63, 3.8) is 0 Å². The first-order valence-corrected chi connectivity index (χ1v) is 7.37. The van der Waals surface area contributed by atoms with Crippen LogP contribution in [-0.4, -0.2) is 50.5 Å². The number of amides is 1. The molecule has 0 aromatic carbocycles. The predicted octanol–water partition coefficient (Wildman–Crippen LogP) is 2.55. The van der Waals surface area contributed by atoms with E-state index in [0.717, 1.165) is 0 Å². The molecule has 1 aliphatic rings. The number of rotatable bonds is 2. The molecule has 3 rings (SSSR count). The Labute approximate surface area is 130 Å². The summed E-state index contributed by atoms with van der Waals surface area (Å²) in [6.45, 7) is 0. The second kappa shape index (κ2) is 5.78. The molecule has 1 fully saturated rings. The molecule has 2 aromatic rings. The van der Waals surface area contributed by atoms with Gasteiger partial charge in [-0.1, -0.05) is 0 Å². The molecule has 1 N–H and O–H groups in total. The maximum Gasteiger partial charge on any atom is 0.391 e. The number of nitrogens with zero attached hydrogens (tertiary/aromatic N) is 4. The number of carbonyl (C=O) groups excluding carboxylic acids is 1. The minimum atomic E-state index is -4.15. The number of aromatic amines is 1. The summed E-state index contributed by atoms with van der Waals surface area (Å²) in [6.07, 6.45) is -3.34. The highest BCUT2D eigenvalue weighted by Gasteiger charge is 2.42. The van der Waals surface area contributed by atoms with Crippen molar-refractivity contribution >= 4 is 17.1 Å². The lowest BCUT2D eigenvalue weighted by Gasteiger charge is -2.35. The first kappa shape index (κ1) is 15.7. The SMILES string of the molecule is CN(C(=O)c1ccc2n[nH]nc2n1)C1CCC(C(F)(F)F)CC1. The van der Waals surface area contributed by atoms with E-state index in [1.165, 1.54) is 4.90 Å². The second-order valence-electron chi connectivity index (χ2n) is 5.83. The van der Waals surface area contributed by atoms with Crippen molar-refractivity contribution in [3.8, 4) is 0 Å². The van der Waals surface area contributed by atoms with Crippen LogP contribution in [0.3, 0.4) is 0 Å². The summed E-state index contributed by atoms with van der Waals surface area (Å²) in [7, 11) is 1.61. The van der Waals surface area contributed by atoms with E-state index in [9.17, 15) is 18.0 Å². The molecule has 0 saturated heterocycles. The highest BCUT2D eigenvalue weighted by Crippen LogP contribution is 2.38. The van der Waals surface area contributed by atoms with Crippen molar-refractivity contribution in [3.05, 3.63) is 17.8 Å². The Morgan fingerprint density at radius 1 is 1.22 bits per heavy atom.